The monoisotopic (exact) mass is 457 g/mol. The zero-order chi connectivity index (χ0) is 24.2. The number of esters is 1. The average molecular weight is 458 g/mol. The first-order valence-electron chi connectivity index (χ1n) is 11.6. The minimum atomic E-state index is -0.289. The molecule has 5 heteroatoms. The minimum Gasteiger partial charge on any atom is -0.496 e. The van der Waals surface area contributed by atoms with E-state index in [0.29, 0.717) is 6.54 Å². The number of rotatable bonds is 7. The first kappa shape index (κ1) is 23.6. The molecule has 1 aliphatic carbocycles. The summed E-state index contributed by atoms with van der Waals surface area (Å²) < 4.78 is 10.5. The molecule has 4 rings (SSSR count). The number of carbonyl (C=O) groups is 2. The summed E-state index contributed by atoms with van der Waals surface area (Å²) in [5.41, 5.74) is 7.47. The number of hydrogen-bond acceptors (Lipinski definition) is 4. The van der Waals surface area contributed by atoms with Crippen molar-refractivity contribution in [3.05, 3.63) is 88.5 Å². The fourth-order valence-electron chi connectivity index (χ4n) is 4.91. The second kappa shape index (κ2) is 10.1. The van der Waals surface area contributed by atoms with Gasteiger partial charge in [0, 0.05) is 19.0 Å². The molecule has 0 saturated heterocycles. The number of fused-ring (bicyclic) bond motifs is 1. The molecule has 1 aliphatic rings. The van der Waals surface area contributed by atoms with Gasteiger partial charge in [-0.15, -0.1) is 0 Å². The van der Waals surface area contributed by atoms with Crippen LogP contribution in [0.3, 0.4) is 0 Å². The number of aryl methyl sites for hydroxylation is 2. The fourth-order valence-corrected chi connectivity index (χ4v) is 4.91. The first-order valence-corrected chi connectivity index (χ1v) is 11.6. The molecule has 176 valence electrons. The van der Waals surface area contributed by atoms with E-state index < -0.39 is 0 Å². The first-order chi connectivity index (χ1) is 16.4. The van der Waals surface area contributed by atoms with Gasteiger partial charge in [-0.25, -0.2) is 0 Å². The molecule has 1 atom stereocenters. The van der Waals surface area contributed by atoms with Crippen molar-refractivity contribution in [3.8, 4) is 16.9 Å². The lowest BCUT2D eigenvalue weighted by atomic mass is 9.94. The Balaban J connectivity index is 1.75. The number of methoxy groups -OCH3 is 2. The van der Waals surface area contributed by atoms with Crippen molar-refractivity contribution in [1.29, 1.82) is 0 Å². The van der Waals surface area contributed by atoms with Crippen LogP contribution in [0.5, 0.6) is 5.75 Å². The van der Waals surface area contributed by atoms with E-state index in [1.807, 2.05) is 29.2 Å². The molecule has 3 aromatic rings. The van der Waals surface area contributed by atoms with Crippen LogP contribution >= 0.6 is 0 Å². The number of carbonyl (C=O) groups excluding carboxylic acids is 2. The SMILES string of the molecule is COC(=O)Cc1ccc(OC)c(-c2ccc(C)cc2CN(C(C)=O)[C@@H]2CCc3ccccc32)c1. The molecule has 0 unspecified atom stereocenters. The molecule has 34 heavy (non-hydrogen) atoms. The van der Waals surface area contributed by atoms with E-state index in [9.17, 15) is 9.59 Å². The molecule has 0 radical (unpaired) electrons. The summed E-state index contributed by atoms with van der Waals surface area (Å²) in [5, 5.41) is 0. The Bertz CT molecular complexity index is 1220. The van der Waals surface area contributed by atoms with Gasteiger partial charge in [-0.2, -0.15) is 0 Å². The molecule has 3 aromatic carbocycles. The van der Waals surface area contributed by atoms with Crippen molar-refractivity contribution in [3.63, 3.8) is 0 Å². The van der Waals surface area contributed by atoms with Crippen molar-refractivity contribution >= 4 is 11.9 Å². The molecule has 1 amide bonds. The highest BCUT2D eigenvalue weighted by Crippen LogP contribution is 2.39. The predicted molar refractivity (Wildman–Crippen MR) is 133 cm³/mol. The second-order valence-corrected chi connectivity index (χ2v) is 8.85. The normalized spacial score (nSPS) is 14.4. The third-order valence-electron chi connectivity index (χ3n) is 6.61. The molecule has 0 heterocycles. The maximum atomic E-state index is 12.9. The van der Waals surface area contributed by atoms with E-state index in [1.54, 1.807) is 14.0 Å². The standard InChI is InChI=1S/C29H31NO4/c1-19-9-12-24(26-16-21(17-29(32)34-4)10-14-28(26)33-3)23(15-19)18-30(20(2)31)27-13-11-22-7-5-6-8-25(22)27/h5-10,12,14-16,27H,11,13,17-18H2,1-4H3/t27-/m1/s1. The van der Waals surface area contributed by atoms with Crippen LogP contribution in [0.15, 0.2) is 60.7 Å². The van der Waals surface area contributed by atoms with Gasteiger partial charge in [-0.3, -0.25) is 9.59 Å². The van der Waals surface area contributed by atoms with Gasteiger partial charge < -0.3 is 14.4 Å². The largest absolute Gasteiger partial charge is 0.496 e. The Hall–Kier alpha value is -3.60. The summed E-state index contributed by atoms with van der Waals surface area (Å²) in [4.78, 5) is 26.7. The zero-order valence-electron chi connectivity index (χ0n) is 20.3. The highest BCUT2D eigenvalue weighted by atomic mass is 16.5. The lowest BCUT2D eigenvalue weighted by Crippen LogP contribution is -2.31. The van der Waals surface area contributed by atoms with Crippen LogP contribution in [0.25, 0.3) is 11.1 Å². The predicted octanol–water partition coefficient (Wildman–Crippen LogP) is 5.42. The third kappa shape index (κ3) is 4.84. The molecule has 0 fully saturated rings. The molecule has 0 aliphatic heterocycles. The van der Waals surface area contributed by atoms with Crippen molar-refractivity contribution < 1.29 is 19.1 Å². The van der Waals surface area contributed by atoms with Gasteiger partial charge in [-0.05, 0) is 59.7 Å². The van der Waals surface area contributed by atoms with Gasteiger partial charge in [-0.1, -0.05) is 54.1 Å². The highest BCUT2D eigenvalue weighted by Gasteiger charge is 2.30. The van der Waals surface area contributed by atoms with E-state index in [1.165, 1.54) is 18.2 Å². The quantitative estimate of drug-likeness (QED) is 0.445. The fraction of sp³-hybridized carbons (Fsp3) is 0.310. The third-order valence-corrected chi connectivity index (χ3v) is 6.61. The molecule has 0 saturated carbocycles. The summed E-state index contributed by atoms with van der Waals surface area (Å²) in [6.07, 6.45) is 2.10. The van der Waals surface area contributed by atoms with Crippen LogP contribution in [-0.4, -0.2) is 31.0 Å². The number of nitrogens with zero attached hydrogens (tertiary/aromatic N) is 1. The Kier molecular flexibility index (Phi) is 7.01. The van der Waals surface area contributed by atoms with Crippen molar-refractivity contribution in [2.24, 2.45) is 0 Å². The van der Waals surface area contributed by atoms with Gasteiger partial charge >= 0.3 is 5.97 Å². The van der Waals surface area contributed by atoms with Crippen LogP contribution in [0, 0.1) is 6.92 Å². The summed E-state index contributed by atoms with van der Waals surface area (Å²) >= 11 is 0. The second-order valence-electron chi connectivity index (χ2n) is 8.85. The Morgan fingerprint density at radius 1 is 1.00 bits per heavy atom. The smallest absolute Gasteiger partial charge is 0.309 e. The summed E-state index contributed by atoms with van der Waals surface area (Å²) in [6.45, 7) is 4.20. The highest BCUT2D eigenvalue weighted by molar-refractivity contribution is 5.79. The Morgan fingerprint density at radius 2 is 1.79 bits per heavy atom. The molecule has 0 N–H and O–H groups in total. The number of hydrogen-bond donors (Lipinski definition) is 0. The van der Waals surface area contributed by atoms with Crippen molar-refractivity contribution in [2.45, 2.75) is 45.7 Å². The van der Waals surface area contributed by atoms with Gasteiger partial charge in [0.25, 0.3) is 0 Å². The molecule has 0 spiro atoms. The molecule has 5 nitrogen and oxygen atoms in total. The lowest BCUT2D eigenvalue weighted by Gasteiger charge is -2.30. The number of ether oxygens (including phenoxy) is 2. The van der Waals surface area contributed by atoms with E-state index in [0.717, 1.165) is 46.4 Å². The summed E-state index contributed by atoms with van der Waals surface area (Å²) in [5.74, 6) is 0.489. The molecular weight excluding hydrogens is 426 g/mol. The van der Waals surface area contributed by atoms with Gasteiger partial charge in [0.2, 0.25) is 5.91 Å². The maximum Gasteiger partial charge on any atom is 0.309 e. The maximum absolute atomic E-state index is 12.9. The van der Waals surface area contributed by atoms with Gasteiger partial charge in [0.05, 0.1) is 26.7 Å². The molecular formula is C29H31NO4. The minimum absolute atomic E-state index is 0.0561. The van der Waals surface area contributed by atoms with Crippen LogP contribution in [-0.2, 0) is 33.7 Å². The summed E-state index contributed by atoms with van der Waals surface area (Å²) in [7, 11) is 3.03. The molecule has 0 bridgehead atoms. The van der Waals surface area contributed by atoms with Crippen molar-refractivity contribution in [1.82, 2.24) is 4.90 Å². The number of benzene rings is 3. The van der Waals surface area contributed by atoms with E-state index in [4.69, 9.17) is 9.47 Å². The molecule has 0 aromatic heterocycles. The Labute approximate surface area is 201 Å². The average Bonchev–Trinajstić information content (AvgIpc) is 3.26. The van der Waals surface area contributed by atoms with Crippen LogP contribution in [0.4, 0.5) is 0 Å². The van der Waals surface area contributed by atoms with Crippen LogP contribution in [0.1, 0.15) is 47.2 Å². The van der Waals surface area contributed by atoms with Gasteiger partial charge in [0.15, 0.2) is 0 Å². The van der Waals surface area contributed by atoms with E-state index in [2.05, 4.69) is 43.3 Å². The van der Waals surface area contributed by atoms with Crippen LogP contribution < -0.4 is 4.74 Å². The zero-order valence-corrected chi connectivity index (χ0v) is 20.3. The van der Waals surface area contributed by atoms with E-state index in [-0.39, 0.29) is 24.3 Å². The van der Waals surface area contributed by atoms with Crippen molar-refractivity contribution in [2.75, 3.05) is 14.2 Å². The lowest BCUT2D eigenvalue weighted by molar-refractivity contribution is -0.139. The van der Waals surface area contributed by atoms with Gasteiger partial charge in [0.1, 0.15) is 5.75 Å². The van der Waals surface area contributed by atoms with Crippen LogP contribution in [0.2, 0.25) is 0 Å². The summed E-state index contributed by atoms with van der Waals surface area (Å²) in [6, 6.07) is 20.5. The topological polar surface area (TPSA) is 55.8 Å². The Morgan fingerprint density at radius 3 is 2.53 bits per heavy atom. The number of amides is 1. The van der Waals surface area contributed by atoms with E-state index >= 15 is 0 Å².